The molecule has 146 valence electrons. The smallest absolute Gasteiger partial charge is 0.403 e. The van der Waals surface area contributed by atoms with Crippen LogP contribution in [0.15, 0.2) is 30.8 Å². The quantitative estimate of drug-likeness (QED) is 0.215. The van der Waals surface area contributed by atoms with E-state index in [-0.39, 0.29) is 0 Å². The van der Waals surface area contributed by atoms with Crippen LogP contribution in [0.2, 0.25) is 0 Å². The average molecular weight is 379 g/mol. The van der Waals surface area contributed by atoms with Crippen LogP contribution in [0.5, 0.6) is 0 Å². The summed E-state index contributed by atoms with van der Waals surface area (Å²) in [5.41, 5.74) is 1.95. The number of rotatable bonds is 16. The third-order valence-electron chi connectivity index (χ3n) is 4.79. The van der Waals surface area contributed by atoms with Gasteiger partial charge in [0.25, 0.3) is 0 Å². The normalized spacial score (nSPS) is 10.7. The summed E-state index contributed by atoms with van der Waals surface area (Å²) in [6.07, 6.45) is 18.5. The molecule has 1 rings (SSSR count). The summed E-state index contributed by atoms with van der Waals surface area (Å²) in [5, 5.41) is 0. The summed E-state index contributed by atoms with van der Waals surface area (Å²) in [6.45, 7) is 4.25. The van der Waals surface area contributed by atoms with Gasteiger partial charge in [0.05, 0.1) is 6.61 Å². The van der Waals surface area contributed by atoms with Crippen LogP contribution in [-0.4, -0.2) is 12.0 Å². The number of unbranched alkanes of at least 4 members (excludes halogenated alkanes) is 11. The Morgan fingerprint density at radius 1 is 0.808 bits per heavy atom. The third kappa shape index (κ3) is 13.0. The summed E-state index contributed by atoms with van der Waals surface area (Å²) in [5.74, 6) is 0. The largest absolute Gasteiger partial charge is 0.454 e. The van der Waals surface area contributed by atoms with Crippen LogP contribution in [0.4, 0.5) is 4.79 Å². The van der Waals surface area contributed by atoms with Crippen LogP contribution in [0.25, 0.3) is 6.08 Å². The van der Waals surface area contributed by atoms with Gasteiger partial charge in [0.15, 0.2) is 0 Å². The van der Waals surface area contributed by atoms with E-state index in [2.05, 4.69) is 30.8 Å². The topological polar surface area (TPSA) is 26.3 Å². The number of halogens is 1. The van der Waals surface area contributed by atoms with Crippen molar-refractivity contribution in [1.29, 1.82) is 0 Å². The molecule has 2 nitrogen and oxygen atoms in total. The van der Waals surface area contributed by atoms with Gasteiger partial charge in [0, 0.05) is 11.6 Å². The number of aryl methyl sites for hydroxylation is 1. The molecule has 0 heterocycles. The molecule has 0 saturated carbocycles. The van der Waals surface area contributed by atoms with Gasteiger partial charge in [-0.05, 0) is 30.4 Å². The number of ether oxygens (including phenoxy) is 1. The molecule has 0 bridgehead atoms. The van der Waals surface area contributed by atoms with Crippen molar-refractivity contribution < 1.29 is 9.53 Å². The minimum Gasteiger partial charge on any atom is -0.454 e. The van der Waals surface area contributed by atoms with Crippen molar-refractivity contribution in [3.63, 3.8) is 0 Å². The van der Waals surface area contributed by atoms with Crippen LogP contribution in [0.3, 0.4) is 0 Å². The lowest BCUT2D eigenvalue weighted by Crippen LogP contribution is -1.96. The maximum atomic E-state index is 10.4. The van der Waals surface area contributed by atoms with E-state index >= 15 is 0 Å². The van der Waals surface area contributed by atoms with Crippen LogP contribution in [-0.2, 0) is 11.2 Å². The third-order valence-corrected chi connectivity index (χ3v) is 4.90. The predicted octanol–water partition coefficient (Wildman–Crippen LogP) is 7.93. The SMILES string of the molecule is C=Cc1ccc(CCCCCCCCCCCCCCOC(=O)Cl)cc1. The predicted molar refractivity (Wildman–Crippen MR) is 113 cm³/mol. The zero-order valence-electron chi connectivity index (χ0n) is 16.2. The van der Waals surface area contributed by atoms with Crippen molar-refractivity contribution in [1.82, 2.24) is 0 Å². The molecule has 0 radical (unpaired) electrons. The second-order valence-electron chi connectivity index (χ2n) is 7.02. The minimum absolute atomic E-state index is 0.461. The second-order valence-corrected chi connectivity index (χ2v) is 7.33. The van der Waals surface area contributed by atoms with Crippen LogP contribution in [0, 0.1) is 0 Å². The molecule has 0 saturated heterocycles. The molecule has 0 atom stereocenters. The monoisotopic (exact) mass is 378 g/mol. The maximum Gasteiger partial charge on any atom is 0.403 e. The molecular weight excluding hydrogens is 344 g/mol. The van der Waals surface area contributed by atoms with Gasteiger partial charge >= 0.3 is 5.43 Å². The molecule has 0 unspecified atom stereocenters. The highest BCUT2D eigenvalue weighted by atomic mass is 35.5. The lowest BCUT2D eigenvalue weighted by Gasteiger charge is -2.04. The molecule has 1 aromatic rings. The van der Waals surface area contributed by atoms with Crippen molar-refractivity contribution in [2.45, 2.75) is 83.5 Å². The van der Waals surface area contributed by atoms with Gasteiger partial charge in [-0.2, -0.15) is 0 Å². The molecule has 0 aliphatic carbocycles. The van der Waals surface area contributed by atoms with Crippen LogP contribution in [0.1, 0.15) is 88.2 Å². The lowest BCUT2D eigenvalue weighted by molar-refractivity contribution is 0.170. The van der Waals surface area contributed by atoms with Gasteiger partial charge in [-0.3, -0.25) is 0 Å². The maximum absolute atomic E-state index is 10.4. The van der Waals surface area contributed by atoms with E-state index in [1.165, 1.54) is 81.8 Å². The van der Waals surface area contributed by atoms with Crippen molar-refractivity contribution in [3.8, 4) is 0 Å². The summed E-state index contributed by atoms with van der Waals surface area (Å²) < 4.78 is 4.70. The van der Waals surface area contributed by atoms with Gasteiger partial charge in [0.1, 0.15) is 0 Å². The molecule has 0 aliphatic rings. The zero-order chi connectivity index (χ0) is 18.9. The first-order valence-corrected chi connectivity index (χ1v) is 10.6. The molecule has 0 spiro atoms. The number of benzene rings is 1. The Labute approximate surface area is 165 Å². The van der Waals surface area contributed by atoms with E-state index in [1.54, 1.807) is 0 Å². The Hall–Kier alpha value is -1.28. The van der Waals surface area contributed by atoms with Crippen molar-refractivity contribution in [2.24, 2.45) is 0 Å². The van der Waals surface area contributed by atoms with Crippen molar-refractivity contribution in [3.05, 3.63) is 42.0 Å². The average Bonchev–Trinajstić information content (AvgIpc) is 2.65. The Morgan fingerprint density at radius 3 is 1.73 bits per heavy atom. The zero-order valence-corrected chi connectivity index (χ0v) is 16.9. The van der Waals surface area contributed by atoms with Crippen molar-refractivity contribution in [2.75, 3.05) is 6.61 Å². The highest BCUT2D eigenvalue weighted by Crippen LogP contribution is 2.14. The van der Waals surface area contributed by atoms with Crippen LogP contribution >= 0.6 is 11.6 Å². The first-order valence-electron chi connectivity index (χ1n) is 10.3. The van der Waals surface area contributed by atoms with Crippen molar-refractivity contribution >= 4 is 23.1 Å². The van der Waals surface area contributed by atoms with E-state index < -0.39 is 5.43 Å². The van der Waals surface area contributed by atoms with Gasteiger partial charge < -0.3 is 4.74 Å². The summed E-state index contributed by atoms with van der Waals surface area (Å²) in [7, 11) is 0. The Kier molecular flexibility index (Phi) is 13.9. The number of hydrogen-bond acceptors (Lipinski definition) is 2. The summed E-state index contributed by atoms with van der Waals surface area (Å²) >= 11 is 5.10. The first kappa shape index (κ1) is 22.8. The fourth-order valence-corrected chi connectivity index (χ4v) is 3.25. The van der Waals surface area contributed by atoms with Gasteiger partial charge in [0.2, 0.25) is 0 Å². The van der Waals surface area contributed by atoms with E-state index in [0.29, 0.717) is 6.61 Å². The molecular formula is C23H35ClO2. The van der Waals surface area contributed by atoms with E-state index in [1.807, 2.05) is 6.08 Å². The molecule has 0 N–H and O–H groups in total. The number of hydrogen-bond donors (Lipinski definition) is 0. The summed E-state index contributed by atoms with van der Waals surface area (Å²) in [4.78, 5) is 10.4. The minimum atomic E-state index is -0.688. The lowest BCUT2D eigenvalue weighted by atomic mass is 10.0. The van der Waals surface area contributed by atoms with E-state index in [4.69, 9.17) is 16.3 Å². The Bertz CT molecular complexity index is 481. The van der Waals surface area contributed by atoms with Gasteiger partial charge in [-0.25, -0.2) is 4.79 Å². The van der Waals surface area contributed by atoms with Gasteiger partial charge in [-0.15, -0.1) is 0 Å². The van der Waals surface area contributed by atoms with Crippen LogP contribution < -0.4 is 0 Å². The van der Waals surface area contributed by atoms with Gasteiger partial charge in [-0.1, -0.05) is 101 Å². The molecule has 0 aliphatic heterocycles. The molecule has 3 heteroatoms. The number of carbonyl (C=O) groups excluding carboxylic acids is 1. The summed E-state index contributed by atoms with van der Waals surface area (Å²) in [6, 6.07) is 8.75. The fourth-order valence-electron chi connectivity index (χ4n) is 3.17. The molecule has 26 heavy (non-hydrogen) atoms. The fraction of sp³-hybridized carbons (Fsp3) is 0.609. The highest BCUT2D eigenvalue weighted by molar-refractivity contribution is 6.61. The highest BCUT2D eigenvalue weighted by Gasteiger charge is 1.97. The standard InChI is InChI=1S/C23H35ClO2/c1-2-21-16-18-22(19-17-21)15-13-11-9-7-5-3-4-6-8-10-12-14-20-26-23(24)25/h2,16-19H,1,3-15,20H2. The molecule has 0 aromatic heterocycles. The first-order chi connectivity index (χ1) is 12.7. The molecule has 1 aromatic carbocycles. The Balaban J connectivity index is 1.79. The van der Waals surface area contributed by atoms with E-state index in [9.17, 15) is 4.79 Å². The number of carbonyl (C=O) groups is 1. The van der Waals surface area contributed by atoms with E-state index in [0.717, 1.165) is 12.8 Å². The molecule has 0 fully saturated rings. The Morgan fingerprint density at radius 2 is 1.27 bits per heavy atom. The second kappa shape index (κ2) is 15.9. The molecule has 0 amide bonds.